The molecule has 0 aliphatic heterocycles. The van der Waals surface area contributed by atoms with Crippen LogP contribution < -0.4 is 0 Å². The minimum Gasteiger partial charge on any atom is -0.478 e. The zero-order valence-corrected chi connectivity index (χ0v) is 6.06. The second-order valence-corrected chi connectivity index (χ2v) is 2.79. The summed E-state index contributed by atoms with van der Waals surface area (Å²) in [6, 6.07) is 0. The zero-order chi connectivity index (χ0) is 9.35. The summed E-state index contributed by atoms with van der Waals surface area (Å²) in [6.45, 7) is 0. The minimum absolute atomic E-state index is 0.157. The lowest BCUT2D eigenvalue weighted by molar-refractivity contribution is -0.184. The SMILES string of the molecule is O=C(O)C=C1CC(C(F)(F)F)C1. The van der Waals surface area contributed by atoms with Gasteiger partial charge in [-0.05, 0) is 12.8 Å². The Morgan fingerprint density at radius 3 is 2.33 bits per heavy atom. The van der Waals surface area contributed by atoms with Crippen molar-refractivity contribution in [2.24, 2.45) is 5.92 Å². The predicted octanol–water partition coefficient (Wildman–Crippen LogP) is 1.97. The van der Waals surface area contributed by atoms with E-state index in [1.54, 1.807) is 0 Å². The van der Waals surface area contributed by atoms with Crippen LogP contribution >= 0.6 is 0 Å². The van der Waals surface area contributed by atoms with E-state index in [-0.39, 0.29) is 12.8 Å². The fraction of sp³-hybridized carbons (Fsp3) is 0.571. The van der Waals surface area contributed by atoms with Crippen molar-refractivity contribution < 1.29 is 23.1 Å². The molecular weight excluding hydrogens is 173 g/mol. The molecule has 0 amide bonds. The Balaban J connectivity index is 2.44. The van der Waals surface area contributed by atoms with E-state index in [0.717, 1.165) is 6.08 Å². The van der Waals surface area contributed by atoms with E-state index in [1.165, 1.54) is 0 Å². The Morgan fingerprint density at radius 2 is 2.00 bits per heavy atom. The molecule has 1 saturated carbocycles. The summed E-state index contributed by atoms with van der Waals surface area (Å²) in [6.07, 6.45) is -3.64. The fourth-order valence-electron chi connectivity index (χ4n) is 1.10. The standard InChI is InChI=1S/C7H7F3O2/c8-7(9,10)5-1-4(2-5)3-6(11)12/h3,5H,1-2H2,(H,11,12). The summed E-state index contributed by atoms with van der Waals surface area (Å²) in [5.41, 5.74) is 0.366. The number of carboxylic acid groups (broad SMARTS) is 1. The minimum atomic E-state index is -4.17. The average molecular weight is 180 g/mol. The maximum absolute atomic E-state index is 11.8. The summed E-state index contributed by atoms with van der Waals surface area (Å²) < 4.78 is 35.5. The zero-order valence-electron chi connectivity index (χ0n) is 6.06. The second-order valence-electron chi connectivity index (χ2n) is 2.79. The van der Waals surface area contributed by atoms with Gasteiger partial charge in [-0.15, -0.1) is 0 Å². The number of alkyl halides is 3. The Hall–Kier alpha value is -1.00. The molecule has 68 valence electrons. The first-order valence-electron chi connectivity index (χ1n) is 3.38. The molecule has 5 heteroatoms. The van der Waals surface area contributed by atoms with Crippen molar-refractivity contribution in [2.45, 2.75) is 19.0 Å². The number of hydrogen-bond acceptors (Lipinski definition) is 1. The molecule has 0 aromatic heterocycles. The lowest BCUT2D eigenvalue weighted by Crippen LogP contribution is -2.31. The number of rotatable bonds is 1. The maximum atomic E-state index is 11.8. The molecular formula is C7H7F3O2. The van der Waals surface area contributed by atoms with Gasteiger partial charge in [-0.1, -0.05) is 5.57 Å². The fourth-order valence-corrected chi connectivity index (χ4v) is 1.10. The smallest absolute Gasteiger partial charge is 0.392 e. The van der Waals surface area contributed by atoms with Crippen molar-refractivity contribution in [1.82, 2.24) is 0 Å². The third-order valence-electron chi connectivity index (χ3n) is 1.81. The molecule has 1 aliphatic carbocycles. The van der Waals surface area contributed by atoms with E-state index in [9.17, 15) is 18.0 Å². The second kappa shape index (κ2) is 2.80. The van der Waals surface area contributed by atoms with Gasteiger partial charge in [0.2, 0.25) is 0 Å². The van der Waals surface area contributed by atoms with Gasteiger partial charge in [0.25, 0.3) is 0 Å². The summed E-state index contributed by atoms with van der Waals surface area (Å²) in [4.78, 5) is 10.0. The number of aliphatic carboxylic acids is 1. The van der Waals surface area contributed by atoms with Gasteiger partial charge >= 0.3 is 12.1 Å². The van der Waals surface area contributed by atoms with E-state index in [2.05, 4.69) is 0 Å². The average Bonchev–Trinajstić information content (AvgIpc) is 1.73. The van der Waals surface area contributed by atoms with Gasteiger partial charge in [-0.25, -0.2) is 4.79 Å². The number of hydrogen-bond donors (Lipinski definition) is 1. The third kappa shape index (κ3) is 1.99. The Labute approximate surface area is 66.7 Å². The van der Waals surface area contributed by atoms with Crippen molar-refractivity contribution >= 4 is 5.97 Å². The van der Waals surface area contributed by atoms with Crippen LogP contribution in [0.25, 0.3) is 0 Å². The van der Waals surface area contributed by atoms with Crippen molar-refractivity contribution in [3.05, 3.63) is 11.6 Å². The highest BCUT2D eigenvalue weighted by atomic mass is 19.4. The number of allylic oxidation sites excluding steroid dienone is 1. The highest BCUT2D eigenvalue weighted by molar-refractivity contribution is 5.80. The highest BCUT2D eigenvalue weighted by Crippen LogP contribution is 2.44. The molecule has 0 saturated heterocycles. The van der Waals surface area contributed by atoms with Crippen molar-refractivity contribution in [3.8, 4) is 0 Å². The molecule has 0 spiro atoms. The van der Waals surface area contributed by atoms with E-state index < -0.39 is 18.1 Å². The van der Waals surface area contributed by atoms with Gasteiger partial charge < -0.3 is 5.11 Å². The van der Waals surface area contributed by atoms with Crippen LogP contribution in [0.4, 0.5) is 13.2 Å². The summed E-state index contributed by atoms with van der Waals surface area (Å²) in [5, 5.41) is 8.18. The van der Waals surface area contributed by atoms with E-state index >= 15 is 0 Å². The van der Waals surface area contributed by atoms with Gasteiger partial charge in [0.1, 0.15) is 0 Å². The van der Waals surface area contributed by atoms with Crippen LogP contribution in [-0.4, -0.2) is 17.3 Å². The Morgan fingerprint density at radius 1 is 1.50 bits per heavy atom. The third-order valence-corrected chi connectivity index (χ3v) is 1.81. The molecule has 0 aromatic carbocycles. The normalized spacial score (nSPS) is 23.2. The molecule has 0 atom stereocenters. The van der Waals surface area contributed by atoms with E-state index in [0.29, 0.717) is 5.57 Å². The quantitative estimate of drug-likeness (QED) is 0.626. The maximum Gasteiger partial charge on any atom is 0.392 e. The van der Waals surface area contributed by atoms with Gasteiger partial charge in [0.15, 0.2) is 0 Å². The molecule has 0 heterocycles. The van der Waals surface area contributed by atoms with Crippen molar-refractivity contribution in [3.63, 3.8) is 0 Å². The molecule has 2 nitrogen and oxygen atoms in total. The Bertz CT molecular complexity index is 221. The van der Waals surface area contributed by atoms with Gasteiger partial charge in [0.05, 0.1) is 5.92 Å². The molecule has 12 heavy (non-hydrogen) atoms. The van der Waals surface area contributed by atoms with Gasteiger partial charge in [-0.2, -0.15) is 13.2 Å². The predicted molar refractivity (Wildman–Crippen MR) is 34.5 cm³/mol. The molecule has 0 aromatic rings. The first kappa shape index (κ1) is 9.09. The lowest BCUT2D eigenvalue weighted by atomic mass is 9.79. The lowest BCUT2D eigenvalue weighted by Gasteiger charge is -2.30. The largest absolute Gasteiger partial charge is 0.478 e. The van der Waals surface area contributed by atoms with Crippen molar-refractivity contribution in [1.29, 1.82) is 0 Å². The number of carboxylic acids is 1. The van der Waals surface area contributed by atoms with E-state index in [1.807, 2.05) is 0 Å². The molecule has 1 aliphatic rings. The summed E-state index contributed by atoms with van der Waals surface area (Å²) >= 11 is 0. The first-order chi connectivity index (χ1) is 5.39. The molecule has 1 fully saturated rings. The van der Waals surface area contributed by atoms with Crippen LogP contribution in [0.1, 0.15) is 12.8 Å². The van der Waals surface area contributed by atoms with Crippen LogP contribution in [0.15, 0.2) is 11.6 Å². The van der Waals surface area contributed by atoms with Gasteiger partial charge in [0, 0.05) is 6.08 Å². The van der Waals surface area contributed by atoms with E-state index in [4.69, 9.17) is 5.11 Å². The summed E-state index contributed by atoms with van der Waals surface area (Å²) in [5.74, 6) is -2.51. The number of halogens is 3. The molecule has 1 N–H and O–H groups in total. The van der Waals surface area contributed by atoms with Crippen LogP contribution in [-0.2, 0) is 4.79 Å². The van der Waals surface area contributed by atoms with Crippen LogP contribution in [0, 0.1) is 5.92 Å². The Kier molecular flexibility index (Phi) is 2.12. The van der Waals surface area contributed by atoms with Gasteiger partial charge in [-0.3, -0.25) is 0 Å². The van der Waals surface area contributed by atoms with Crippen LogP contribution in [0.2, 0.25) is 0 Å². The van der Waals surface area contributed by atoms with Crippen LogP contribution in [0.5, 0.6) is 0 Å². The molecule has 0 bridgehead atoms. The molecule has 1 rings (SSSR count). The highest BCUT2D eigenvalue weighted by Gasteiger charge is 2.45. The monoisotopic (exact) mass is 180 g/mol. The molecule has 0 radical (unpaired) electrons. The summed E-state index contributed by atoms with van der Waals surface area (Å²) in [7, 11) is 0. The first-order valence-corrected chi connectivity index (χ1v) is 3.38. The van der Waals surface area contributed by atoms with Crippen molar-refractivity contribution in [2.75, 3.05) is 0 Å². The van der Waals surface area contributed by atoms with Crippen LogP contribution in [0.3, 0.4) is 0 Å². The topological polar surface area (TPSA) is 37.3 Å². The number of carbonyl (C=O) groups is 1. The molecule has 0 unspecified atom stereocenters.